The van der Waals surface area contributed by atoms with Crippen molar-refractivity contribution >= 4 is 34.0 Å². The first kappa shape index (κ1) is 16.0. The van der Waals surface area contributed by atoms with Gasteiger partial charge in [-0.2, -0.15) is 0 Å². The number of hydrogen-bond acceptors (Lipinski definition) is 4. The fraction of sp³-hybridized carbons (Fsp3) is 0.100. The molecular formula is C20H14N2O4. The number of hydrogen-bond donors (Lipinski definition) is 0. The number of imide groups is 1. The summed E-state index contributed by atoms with van der Waals surface area (Å²) in [5.41, 5.74) is 2.65. The summed E-state index contributed by atoms with van der Waals surface area (Å²) in [7, 11) is 0. The lowest BCUT2D eigenvalue weighted by atomic mass is 9.92. The third-order valence-corrected chi connectivity index (χ3v) is 4.74. The Balaban J connectivity index is 2.04. The van der Waals surface area contributed by atoms with Gasteiger partial charge in [0.15, 0.2) is 0 Å². The van der Waals surface area contributed by atoms with E-state index in [0.29, 0.717) is 27.6 Å². The maximum atomic E-state index is 13.1. The average molecular weight is 346 g/mol. The average Bonchev–Trinajstić information content (AvgIpc) is 2.61. The highest BCUT2D eigenvalue weighted by molar-refractivity contribution is 6.36. The second-order valence-electron chi connectivity index (χ2n) is 6.30. The Bertz CT molecular complexity index is 1090. The highest BCUT2D eigenvalue weighted by Crippen LogP contribution is 2.38. The molecule has 128 valence electrons. The predicted octanol–water partition coefficient (Wildman–Crippen LogP) is 4.17. The molecule has 4 rings (SSSR count). The minimum absolute atomic E-state index is 0.119. The molecule has 6 nitrogen and oxygen atoms in total. The van der Waals surface area contributed by atoms with Crippen LogP contribution in [0.15, 0.2) is 48.5 Å². The van der Waals surface area contributed by atoms with Gasteiger partial charge in [-0.3, -0.25) is 19.7 Å². The molecule has 3 aromatic rings. The summed E-state index contributed by atoms with van der Waals surface area (Å²) in [6, 6.07) is 13.1. The van der Waals surface area contributed by atoms with Gasteiger partial charge in [0.25, 0.3) is 17.5 Å². The molecule has 0 atom stereocenters. The van der Waals surface area contributed by atoms with Crippen molar-refractivity contribution in [2.75, 3.05) is 4.90 Å². The van der Waals surface area contributed by atoms with Gasteiger partial charge < -0.3 is 0 Å². The van der Waals surface area contributed by atoms with Gasteiger partial charge in [0, 0.05) is 22.6 Å². The zero-order chi connectivity index (χ0) is 18.6. The Morgan fingerprint density at radius 1 is 0.846 bits per heavy atom. The number of nitro benzene ring substituents is 1. The number of carbonyl (C=O) groups excluding carboxylic acids is 2. The quantitative estimate of drug-likeness (QED) is 0.396. The zero-order valence-electron chi connectivity index (χ0n) is 14.1. The standard InChI is InChI=1S/C20H14N2O4/c1-11-5-3-6-12(2)18(11)21-19(23)14-8-4-7-13-16(22(25)26)10-9-15(17(13)14)20(21)24/h3-10H,1-2H3. The Hall–Kier alpha value is -3.54. The molecule has 2 amide bonds. The number of nitrogens with zero attached hydrogens (tertiary/aromatic N) is 2. The van der Waals surface area contributed by atoms with E-state index in [4.69, 9.17) is 0 Å². The van der Waals surface area contributed by atoms with E-state index in [0.717, 1.165) is 11.1 Å². The summed E-state index contributed by atoms with van der Waals surface area (Å²) in [6.07, 6.45) is 0. The molecule has 0 aromatic heterocycles. The van der Waals surface area contributed by atoms with Crippen molar-refractivity contribution in [3.8, 4) is 0 Å². The number of rotatable bonds is 2. The summed E-state index contributed by atoms with van der Waals surface area (Å²) < 4.78 is 0. The summed E-state index contributed by atoms with van der Waals surface area (Å²) in [4.78, 5) is 38.2. The monoisotopic (exact) mass is 346 g/mol. The summed E-state index contributed by atoms with van der Waals surface area (Å²) in [6.45, 7) is 3.68. The fourth-order valence-electron chi connectivity index (χ4n) is 3.60. The maximum Gasteiger partial charge on any atom is 0.277 e. The molecule has 0 aliphatic carbocycles. The van der Waals surface area contributed by atoms with Crippen molar-refractivity contribution in [3.63, 3.8) is 0 Å². The molecule has 0 unspecified atom stereocenters. The Kier molecular flexibility index (Phi) is 3.37. The second kappa shape index (κ2) is 5.49. The van der Waals surface area contributed by atoms with E-state index < -0.39 is 16.7 Å². The van der Waals surface area contributed by atoms with Crippen LogP contribution in [0.5, 0.6) is 0 Å². The van der Waals surface area contributed by atoms with Crippen molar-refractivity contribution in [2.45, 2.75) is 13.8 Å². The molecule has 6 heteroatoms. The molecule has 0 spiro atoms. The first-order chi connectivity index (χ1) is 12.4. The van der Waals surface area contributed by atoms with Crippen LogP contribution in [-0.4, -0.2) is 16.7 Å². The lowest BCUT2D eigenvalue weighted by Crippen LogP contribution is -2.41. The minimum Gasteiger partial charge on any atom is -0.268 e. The van der Waals surface area contributed by atoms with Crippen molar-refractivity contribution in [1.29, 1.82) is 0 Å². The van der Waals surface area contributed by atoms with Crippen LogP contribution in [0.3, 0.4) is 0 Å². The van der Waals surface area contributed by atoms with Gasteiger partial charge >= 0.3 is 0 Å². The van der Waals surface area contributed by atoms with E-state index in [1.165, 1.54) is 17.0 Å². The molecule has 1 aliphatic heterocycles. The molecule has 1 aliphatic rings. The van der Waals surface area contributed by atoms with Crippen LogP contribution in [0, 0.1) is 24.0 Å². The summed E-state index contributed by atoms with van der Waals surface area (Å²) >= 11 is 0. The maximum absolute atomic E-state index is 13.1. The number of carbonyl (C=O) groups is 2. The van der Waals surface area contributed by atoms with Gasteiger partial charge in [0.1, 0.15) is 0 Å². The molecule has 0 fully saturated rings. The van der Waals surface area contributed by atoms with Gasteiger partial charge in [-0.05, 0) is 43.2 Å². The van der Waals surface area contributed by atoms with Gasteiger partial charge in [0.2, 0.25) is 0 Å². The first-order valence-corrected chi connectivity index (χ1v) is 8.07. The van der Waals surface area contributed by atoms with Crippen LogP contribution < -0.4 is 4.90 Å². The molecule has 26 heavy (non-hydrogen) atoms. The predicted molar refractivity (Wildman–Crippen MR) is 97.7 cm³/mol. The number of nitro groups is 1. The number of amides is 2. The summed E-state index contributed by atoms with van der Waals surface area (Å²) in [5.74, 6) is -0.933. The largest absolute Gasteiger partial charge is 0.277 e. The summed E-state index contributed by atoms with van der Waals surface area (Å²) in [5, 5.41) is 12.0. The molecule has 1 heterocycles. The number of non-ortho nitro benzene ring substituents is 1. The molecule has 0 saturated carbocycles. The molecular weight excluding hydrogens is 332 g/mol. The van der Waals surface area contributed by atoms with Crippen LogP contribution in [-0.2, 0) is 0 Å². The van der Waals surface area contributed by atoms with Crippen LogP contribution in [0.1, 0.15) is 31.8 Å². The van der Waals surface area contributed by atoms with E-state index >= 15 is 0 Å². The van der Waals surface area contributed by atoms with Crippen LogP contribution in [0.25, 0.3) is 10.8 Å². The number of para-hydroxylation sites is 1. The first-order valence-electron chi connectivity index (χ1n) is 8.07. The minimum atomic E-state index is -0.504. The van der Waals surface area contributed by atoms with E-state index in [-0.39, 0.29) is 5.69 Å². The van der Waals surface area contributed by atoms with Crippen LogP contribution in [0.4, 0.5) is 11.4 Å². The fourth-order valence-corrected chi connectivity index (χ4v) is 3.60. The third kappa shape index (κ3) is 2.05. The Morgan fingerprint density at radius 3 is 2.04 bits per heavy atom. The molecule has 0 radical (unpaired) electrons. The number of anilines is 1. The lowest BCUT2D eigenvalue weighted by molar-refractivity contribution is -0.383. The SMILES string of the molecule is Cc1cccc(C)c1N1C(=O)c2cccc3c([N+](=O)[O-])ccc(c23)C1=O. The Labute approximate surface area is 148 Å². The highest BCUT2D eigenvalue weighted by Gasteiger charge is 2.36. The van der Waals surface area contributed by atoms with Crippen LogP contribution in [0.2, 0.25) is 0 Å². The van der Waals surface area contributed by atoms with E-state index in [9.17, 15) is 19.7 Å². The normalized spacial score (nSPS) is 13.4. The van der Waals surface area contributed by atoms with Crippen LogP contribution >= 0.6 is 0 Å². The molecule has 0 N–H and O–H groups in total. The second-order valence-corrected chi connectivity index (χ2v) is 6.30. The van der Waals surface area contributed by atoms with Crippen molar-refractivity contribution in [3.05, 3.63) is 80.9 Å². The number of benzene rings is 3. The lowest BCUT2D eigenvalue weighted by Gasteiger charge is -2.29. The number of aryl methyl sites for hydroxylation is 2. The topological polar surface area (TPSA) is 80.5 Å². The Morgan fingerprint density at radius 2 is 1.42 bits per heavy atom. The van der Waals surface area contributed by atoms with Gasteiger partial charge in [-0.25, -0.2) is 4.90 Å². The highest BCUT2D eigenvalue weighted by atomic mass is 16.6. The van der Waals surface area contributed by atoms with E-state index in [1.807, 2.05) is 32.0 Å². The third-order valence-electron chi connectivity index (χ3n) is 4.74. The molecule has 0 bridgehead atoms. The molecule has 3 aromatic carbocycles. The van der Waals surface area contributed by atoms with E-state index in [2.05, 4.69) is 0 Å². The molecule has 0 saturated heterocycles. The van der Waals surface area contributed by atoms with Crippen molar-refractivity contribution in [2.24, 2.45) is 0 Å². The zero-order valence-corrected chi connectivity index (χ0v) is 14.1. The van der Waals surface area contributed by atoms with Crippen molar-refractivity contribution < 1.29 is 14.5 Å². The van der Waals surface area contributed by atoms with E-state index in [1.54, 1.807) is 18.2 Å². The van der Waals surface area contributed by atoms with Gasteiger partial charge in [-0.1, -0.05) is 24.3 Å². The van der Waals surface area contributed by atoms with Gasteiger partial charge in [-0.15, -0.1) is 0 Å². The van der Waals surface area contributed by atoms with Gasteiger partial charge in [0.05, 0.1) is 16.0 Å². The smallest absolute Gasteiger partial charge is 0.268 e. The van der Waals surface area contributed by atoms with Crippen molar-refractivity contribution in [1.82, 2.24) is 0 Å².